The van der Waals surface area contributed by atoms with Crippen molar-refractivity contribution in [2.75, 3.05) is 4.90 Å². The van der Waals surface area contributed by atoms with Crippen LogP contribution in [0.25, 0.3) is 70.9 Å². The van der Waals surface area contributed by atoms with Gasteiger partial charge >= 0.3 is 0 Å². The highest BCUT2D eigenvalue weighted by Crippen LogP contribution is 2.56. The maximum Gasteiger partial charge on any atom is 0.0620 e. The maximum atomic E-state index is 2.51. The van der Waals surface area contributed by atoms with Gasteiger partial charge < -0.3 is 9.47 Å². The molecule has 0 saturated carbocycles. The Bertz CT molecular complexity index is 2800. The van der Waals surface area contributed by atoms with Crippen molar-refractivity contribution in [1.29, 1.82) is 0 Å². The predicted octanol–water partition coefficient (Wildman–Crippen LogP) is 14.8. The summed E-state index contributed by atoms with van der Waals surface area (Å²) in [7, 11) is 0. The van der Waals surface area contributed by atoms with E-state index in [-0.39, 0.29) is 10.8 Å². The zero-order valence-electron chi connectivity index (χ0n) is 31.6. The molecule has 0 N–H and O–H groups in total. The van der Waals surface area contributed by atoms with E-state index in [4.69, 9.17) is 0 Å². The summed E-state index contributed by atoms with van der Waals surface area (Å²) in [5.41, 5.74) is 12.7. The van der Waals surface area contributed by atoms with Crippen LogP contribution in [-0.2, 0) is 10.8 Å². The molecule has 0 spiro atoms. The minimum Gasteiger partial charge on any atom is -0.309 e. The second-order valence-electron chi connectivity index (χ2n) is 16.2. The molecule has 8 aromatic carbocycles. The first kappa shape index (κ1) is 32.3. The molecule has 0 aliphatic carbocycles. The number of hydrogen-bond donors (Lipinski definition) is 0. The Morgan fingerprint density at radius 3 is 1.85 bits per heavy atom. The number of para-hydroxylation sites is 3. The van der Waals surface area contributed by atoms with Crippen molar-refractivity contribution in [3.63, 3.8) is 0 Å². The smallest absolute Gasteiger partial charge is 0.0620 e. The molecule has 2 heteroatoms. The van der Waals surface area contributed by atoms with Crippen molar-refractivity contribution in [1.82, 2.24) is 4.57 Å². The monoisotopic (exact) mass is 674 g/mol. The first-order valence-corrected chi connectivity index (χ1v) is 18.9. The highest BCUT2D eigenvalue weighted by Gasteiger charge is 2.32. The molecular weight excluding hydrogens is 629 g/mol. The van der Waals surface area contributed by atoms with Gasteiger partial charge in [0.05, 0.1) is 22.4 Å². The summed E-state index contributed by atoms with van der Waals surface area (Å²) in [6, 6.07) is 50.3. The van der Waals surface area contributed by atoms with E-state index >= 15 is 0 Å². The molecule has 0 saturated heterocycles. The van der Waals surface area contributed by atoms with E-state index in [1.54, 1.807) is 0 Å². The third kappa shape index (κ3) is 4.56. The van der Waals surface area contributed by atoms with Gasteiger partial charge in [0.25, 0.3) is 0 Å². The average Bonchev–Trinajstić information content (AvgIpc) is 3.49. The first-order valence-electron chi connectivity index (χ1n) is 18.9. The molecule has 9 aromatic rings. The van der Waals surface area contributed by atoms with Crippen molar-refractivity contribution in [3.05, 3.63) is 145 Å². The molecule has 0 radical (unpaired) electrons. The zero-order chi connectivity index (χ0) is 36.1. The van der Waals surface area contributed by atoms with E-state index in [0.717, 1.165) is 0 Å². The van der Waals surface area contributed by atoms with Crippen molar-refractivity contribution in [3.8, 4) is 16.8 Å². The van der Waals surface area contributed by atoms with Crippen LogP contribution in [0.5, 0.6) is 0 Å². The quantitative estimate of drug-likeness (QED) is 0.166. The van der Waals surface area contributed by atoms with E-state index in [1.807, 2.05) is 13.8 Å². The Kier molecular flexibility index (Phi) is 7.12. The Morgan fingerprint density at radius 2 is 1.12 bits per heavy atom. The summed E-state index contributed by atoms with van der Waals surface area (Å²) in [5, 5.41) is 10.6. The van der Waals surface area contributed by atoms with E-state index in [1.165, 1.54) is 99.1 Å². The summed E-state index contributed by atoms with van der Waals surface area (Å²) >= 11 is 0. The van der Waals surface area contributed by atoms with Crippen LogP contribution in [-0.4, -0.2) is 4.57 Å². The Hall–Kier alpha value is -5.60. The largest absolute Gasteiger partial charge is 0.309 e. The lowest BCUT2D eigenvalue weighted by Crippen LogP contribution is -2.18. The van der Waals surface area contributed by atoms with Gasteiger partial charge in [0, 0.05) is 43.9 Å². The van der Waals surface area contributed by atoms with Crippen LogP contribution in [0.15, 0.2) is 133 Å². The van der Waals surface area contributed by atoms with E-state index in [0.29, 0.717) is 0 Å². The van der Waals surface area contributed by atoms with Gasteiger partial charge in [-0.25, -0.2) is 0 Å². The molecule has 2 heterocycles. The molecule has 2 nitrogen and oxygen atoms in total. The maximum absolute atomic E-state index is 2.51. The van der Waals surface area contributed by atoms with Gasteiger partial charge in [-0.15, -0.1) is 0 Å². The Labute approximate surface area is 307 Å². The number of aromatic nitrogens is 1. The third-order valence-electron chi connectivity index (χ3n) is 11.1. The fourth-order valence-corrected chi connectivity index (χ4v) is 8.79. The van der Waals surface area contributed by atoms with Gasteiger partial charge in [0.2, 0.25) is 0 Å². The third-order valence-corrected chi connectivity index (χ3v) is 11.1. The highest BCUT2D eigenvalue weighted by molar-refractivity contribution is 6.36. The van der Waals surface area contributed by atoms with Gasteiger partial charge in [-0.05, 0) is 98.3 Å². The fraction of sp³-hybridized carbons (Fsp3) is 0.200. The lowest BCUT2D eigenvalue weighted by Gasteiger charge is -2.36. The molecule has 10 rings (SSSR count). The van der Waals surface area contributed by atoms with Gasteiger partial charge in [0.1, 0.15) is 0 Å². The molecule has 1 aliphatic heterocycles. The normalized spacial score (nSPS) is 13.0. The summed E-state index contributed by atoms with van der Waals surface area (Å²) in [5.74, 6) is 0. The molecule has 0 unspecified atom stereocenters. The van der Waals surface area contributed by atoms with Crippen LogP contribution < -0.4 is 4.90 Å². The minimum atomic E-state index is -0.0582. The number of rotatable bonds is 2. The highest BCUT2D eigenvalue weighted by atomic mass is 15.2. The first-order chi connectivity index (χ1) is 25.1. The number of anilines is 3. The molecule has 0 bridgehead atoms. The average molecular weight is 675 g/mol. The van der Waals surface area contributed by atoms with Crippen molar-refractivity contribution < 1.29 is 0 Å². The van der Waals surface area contributed by atoms with Gasteiger partial charge in [-0.1, -0.05) is 134 Å². The predicted molar refractivity (Wildman–Crippen MR) is 227 cm³/mol. The fourth-order valence-electron chi connectivity index (χ4n) is 8.79. The lowest BCUT2D eigenvalue weighted by molar-refractivity contribution is 0.590. The van der Waals surface area contributed by atoms with Crippen LogP contribution in [0.4, 0.5) is 17.1 Å². The second kappa shape index (κ2) is 11.5. The molecule has 52 heavy (non-hydrogen) atoms. The molecular formula is C50H46N2. The standard InChI is InChI=1S/C48H40N2.C2H6/c1-47(2,3)30-20-22-32(23-21-30)50-41-19-13-11-17-34(41)38-27-29-26-37-33-16-10-12-18-40(33)49(31-14-8-7-9-15-31)42-28-39(48(4,5)6)35-24-25-36(46(38)50)43(29)45(35)44(37)42;1-2/h7-28H,1-6H3;1-2H3. The molecule has 0 amide bonds. The number of benzene rings is 8. The van der Waals surface area contributed by atoms with E-state index in [9.17, 15) is 0 Å². The molecule has 1 aromatic heterocycles. The van der Waals surface area contributed by atoms with Crippen LogP contribution in [0, 0.1) is 0 Å². The van der Waals surface area contributed by atoms with Crippen LogP contribution in [0.2, 0.25) is 0 Å². The van der Waals surface area contributed by atoms with Crippen molar-refractivity contribution >= 4 is 71.2 Å². The summed E-state index contributed by atoms with van der Waals surface area (Å²) in [6.07, 6.45) is 0. The zero-order valence-corrected chi connectivity index (χ0v) is 31.6. The topological polar surface area (TPSA) is 8.17 Å². The van der Waals surface area contributed by atoms with Crippen molar-refractivity contribution in [2.45, 2.75) is 66.2 Å². The van der Waals surface area contributed by atoms with Crippen LogP contribution in [0.1, 0.15) is 66.5 Å². The van der Waals surface area contributed by atoms with E-state index in [2.05, 4.69) is 184 Å². The van der Waals surface area contributed by atoms with Crippen LogP contribution >= 0.6 is 0 Å². The van der Waals surface area contributed by atoms with Gasteiger partial charge in [-0.3, -0.25) is 0 Å². The summed E-state index contributed by atoms with van der Waals surface area (Å²) in [4.78, 5) is 2.49. The second-order valence-corrected chi connectivity index (χ2v) is 16.2. The minimum absolute atomic E-state index is 0.0582. The van der Waals surface area contributed by atoms with E-state index < -0.39 is 0 Å². The number of fused-ring (bicyclic) bond motifs is 6. The van der Waals surface area contributed by atoms with Crippen LogP contribution in [0.3, 0.4) is 0 Å². The van der Waals surface area contributed by atoms with Gasteiger partial charge in [0.15, 0.2) is 0 Å². The summed E-state index contributed by atoms with van der Waals surface area (Å²) < 4.78 is 2.51. The SMILES string of the molecule is CC.CC(C)(C)c1ccc(-n2c3ccccc3c3cc4cc5c6c(cc(C(C)(C)C)c7ccc(c4c76)c32)N(c2ccccc2)c2ccccc2-5)cc1. The molecule has 256 valence electrons. The molecule has 0 atom stereocenters. The lowest BCUT2D eigenvalue weighted by atomic mass is 9.77. The molecule has 1 aliphatic rings. The van der Waals surface area contributed by atoms with Gasteiger partial charge in [-0.2, -0.15) is 0 Å². The van der Waals surface area contributed by atoms with Crippen molar-refractivity contribution in [2.24, 2.45) is 0 Å². The summed E-state index contributed by atoms with van der Waals surface area (Å²) in [6.45, 7) is 17.9. The number of hydrogen-bond acceptors (Lipinski definition) is 1. The number of nitrogens with zero attached hydrogens (tertiary/aromatic N) is 2. The molecule has 0 fully saturated rings. The Morgan fingerprint density at radius 1 is 0.442 bits per heavy atom. The Balaban J connectivity index is 0.00000177.